The second kappa shape index (κ2) is 3.48. The van der Waals surface area contributed by atoms with Gasteiger partial charge in [0, 0.05) is 5.54 Å². The number of rotatable bonds is 1. The number of nitrogens with two attached hydrogens (primary N) is 1. The van der Waals surface area contributed by atoms with Crippen LogP contribution in [0, 0.1) is 5.41 Å². The van der Waals surface area contributed by atoms with Crippen LogP contribution in [0.3, 0.4) is 0 Å². The summed E-state index contributed by atoms with van der Waals surface area (Å²) in [6.45, 7) is 4.04. The summed E-state index contributed by atoms with van der Waals surface area (Å²) in [5, 5.41) is 0. The highest BCUT2D eigenvalue weighted by molar-refractivity contribution is 5.38. The van der Waals surface area contributed by atoms with Crippen LogP contribution in [0.25, 0.3) is 0 Å². The number of hydrogen-bond donors (Lipinski definition) is 1. The maximum absolute atomic E-state index is 12.9. The molecule has 0 aliphatic heterocycles. The van der Waals surface area contributed by atoms with E-state index in [0.29, 0.717) is 12.8 Å². The molecule has 1 fully saturated rings. The zero-order valence-electron chi connectivity index (χ0n) is 9.93. The number of halogens is 3. The van der Waals surface area contributed by atoms with Crippen molar-refractivity contribution >= 4 is 0 Å². The Labute approximate surface area is 98.8 Å². The fourth-order valence-corrected chi connectivity index (χ4v) is 3.01. The van der Waals surface area contributed by atoms with Gasteiger partial charge in [-0.25, -0.2) is 0 Å². The van der Waals surface area contributed by atoms with Crippen LogP contribution in [0.15, 0.2) is 24.3 Å². The first-order valence-corrected chi connectivity index (χ1v) is 5.60. The fraction of sp³-hybridized carbons (Fsp3) is 0.538. The van der Waals surface area contributed by atoms with E-state index in [0.717, 1.165) is 6.07 Å². The van der Waals surface area contributed by atoms with Crippen molar-refractivity contribution in [3.05, 3.63) is 35.4 Å². The van der Waals surface area contributed by atoms with E-state index in [2.05, 4.69) is 0 Å². The lowest BCUT2D eigenvalue weighted by molar-refractivity contribution is -0.139. The molecule has 2 rings (SSSR count). The van der Waals surface area contributed by atoms with Gasteiger partial charge in [0.2, 0.25) is 0 Å². The largest absolute Gasteiger partial charge is 0.416 e. The average molecular weight is 243 g/mol. The van der Waals surface area contributed by atoms with Crippen LogP contribution >= 0.6 is 0 Å². The maximum atomic E-state index is 12.9. The number of benzene rings is 1. The summed E-state index contributed by atoms with van der Waals surface area (Å²) >= 11 is 0. The average Bonchev–Trinajstić information content (AvgIpc) is 2.13. The standard InChI is InChI=1S/C13H16F3N/c1-11(2)7-12(17,8-11)9-5-3-4-6-10(9)13(14,15)16/h3-6H,7-8,17H2,1-2H3. The molecule has 0 saturated heterocycles. The molecule has 0 aromatic heterocycles. The molecule has 1 aliphatic rings. The second-order valence-corrected chi connectivity index (χ2v) is 5.72. The highest BCUT2D eigenvalue weighted by Gasteiger charge is 2.50. The first kappa shape index (κ1) is 12.4. The van der Waals surface area contributed by atoms with Gasteiger partial charge in [-0.1, -0.05) is 32.0 Å². The Morgan fingerprint density at radius 2 is 1.65 bits per heavy atom. The van der Waals surface area contributed by atoms with Gasteiger partial charge in [0.15, 0.2) is 0 Å². The molecule has 1 aliphatic carbocycles. The molecule has 17 heavy (non-hydrogen) atoms. The number of alkyl halides is 3. The van der Waals surface area contributed by atoms with Crippen molar-refractivity contribution in [3.63, 3.8) is 0 Å². The molecule has 2 N–H and O–H groups in total. The first-order chi connectivity index (χ1) is 7.64. The predicted molar refractivity (Wildman–Crippen MR) is 60.3 cm³/mol. The van der Waals surface area contributed by atoms with Crippen LogP contribution in [-0.2, 0) is 11.7 Å². The SMILES string of the molecule is CC1(C)CC(N)(c2ccccc2C(F)(F)F)C1. The van der Waals surface area contributed by atoms with Crippen molar-refractivity contribution in [1.82, 2.24) is 0 Å². The van der Waals surface area contributed by atoms with Crippen molar-refractivity contribution in [2.45, 2.75) is 38.4 Å². The molecule has 1 saturated carbocycles. The molecule has 0 unspecified atom stereocenters. The van der Waals surface area contributed by atoms with Gasteiger partial charge in [-0.2, -0.15) is 13.2 Å². The molecule has 4 heteroatoms. The lowest BCUT2D eigenvalue weighted by Gasteiger charge is -2.52. The lowest BCUT2D eigenvalue weighted by Crippen LogP contribution is -2.53. The van der Waals surface area contributed by atoms with E-state index in [-0.39, 0.29) is 11.0 Å². The van der Waals surface area contributed by atoms with Gasteiger partial charge >= 0.3 is 6.18 Å². The van der Waals surface area contributed by atoms with Gasteiger partial charge in [-0.15, -0.1) is 0 Å². The third kappa shape index (κ3) is 2.18. The molecule has 0 amide bonds. The molecule has 94 valence electrons. The topological polar surface area (TPSA) is 26.0 Å². The van der Waals surface area contributed by atoms with Crippen LogP contribution in [-0.4, -0.2) is 0 Å². The molecule has 1 aromatic carbocycles. The Balaban J connectivity index is 2.41. The van der Waals surface area contributed by atoms with Crippen LogP contribution in [0.2, 0.25) is 0 Å². The van der Waals surface area contributed by atoms with Crippen LogP contribution < -0.4 is 5.73 Å². The zero-order valence-corrected chi connectivity index (χ0v) is 9.93. The molecule has 0 atom stereocenters. The quantitative estimate of drug-likeness (QED) is 0.800. The molecule has 1 aromatic rings. The molecular weight excluding hydrogens is 227 g/mol. The fourth-order valence-electron chi connectivity index (χ4n) is 3.01. The van der Waals surface area contributed by atoms with E-state index in [1.54, 1.807) is 6.07 Å². The summed E-state index contributed by atoms with van der Waals surface area (Å²) in [5.41, 5.74) is 4.94. The van der Waals surface area contributed by atoms with Gasteiger partial charge in [-0.3, -0.25) is 0 Å². The molecule has 0 spiro atoms. The van der Waals surface area contributed by atoms with Gasteiger partial charge in [0.25, 0.3) is 0 Å². The van der Waals surface area contributed by atoms with Crippen LogP contribution in [0.1, 0.15) is 37.8 Å². The third-order valence-electron chi connectivity index (χ3n) is 3.36. The highest BCUT2D eigenvalue weighted by atomic mass is 19.4. The Kier molecular flexibility index (Phi) is 2.54. The molecule has 0 bridgehead atoms. The van der Waals surface area contributed by atoms with Gasteiger partial charge < -0.3 is 5.73 Å². The van der Waals surface area contributed by atoms with Gasteiger partial charge in [-0.05, 0) is 29.9 Å². The summed E-state index contributed by atoms with van der Waals surface area (Å²) in [6.07, 6.45) is -3.15. The van der Waals surface area contributed by atoms with E-state index in [1.165, 1.54) is 12.1 Å². The van der Waals surface area contributed by atoms with E-state index in [4.69, 9.17) is 5.73 Å². The normalized spacial score (nSPS) is 22.0. The molecule has 1 nitrogen and oxygen atoms in total. The Hall–Kier alpha value is -1.03. The Morgan fingerprint density at radius 1 is 1.12 bits per heavy atom. The van der Waals surface area contributed by atoms with Crippen molar-refractivity contribution in [2.24, 2.45) is 11.1 Å². The van der Waals surface area contributed by atoms with E-state index >= 15 is 0 Å². The summed E-state index contributed by atoms with van der Waals surface area (Å²) in [5.74, 6) is 0. The van der Waals surface area contributed by atoms with E-state index in [9.17, 15) is 13.2 Å². The minimum absolute atomic E-state index is 0.0352. The monoisotopic (exact) mass is 243 g/mol. The minimum atomic E-state index is -4.33. The summed E-state index contributed by atoms with van der Waals surface area (Å²) in [6, 6.07) is 5.62. The first-order valence-electron chi connectivity index (χ1n) is 5.60. The van der Waals surface area contributed by atoms with Crippen molar-refractivity contribution < 1.29 is 13.2 Å². The summed E-state index contributed by atoms with van der Waals surface area (Å²) in [7, 11) is 0. The summed E-state index contributed by atoms with van der Waals surface area (Å²) < 4.78 is 38.6. The van der Waals surface area contributed by atoms with Crippen molar-refractivity contribution in [1.29, 1.82) is 0 Å². The zero-order chi connectivity index (χ0) is 12.9. The Bertz CT molecular complexity index is 427. The van der Waals surface area contributed by atoms with Gasteiger partial charge in [0.05, 0.1) is 5.56 Å². The van der Waals surface area contributed by atoms with Crippen molar-refractivity contribution in [3.8, 4) is 0 Å². The minimum Gasteiger partial charge on any atom is -0.321 e. The molecular formula is C13H16F3N. The van der Waals surface area contributed by atoms with Crippen LogP contribution in [0.4, 0.5) is 13.2 Å². The second-order valence-electron chi connectivity index (χ2n) is 5.72. The van der Waals surface area contributed by atoms with Crippen LogP contribution in [0.5, 0.6) is 0 Å². The van der Waals surface area contributed by atoms with Gasteiger partial charge in [0.1, 0.15) is 0 Å². The van der Waals surface area contributed by atoms with E-state index < -0.39 is 17.3 Å². The third-order valence-corrected chi connectivity index (χ3v) is 3.36. The predicted octanol–water partition coefficient (Wildman–Crippen LogP) is 3.68. The molecule has 0 heterocycles. The smallest absolute Gasteiger partial charge is 0.321 e. The summed E-state index contributed by atoms with van der Waals surface area (Å²) in [4.78, 5) is 0. The molecule has 0 radical (unpaired) electrons. The Morgan fingerprint density at radius 3 is 2.12 bits per heavy atom. The number of hydrogen-bond acceptors (Lipinski definition) is 1. The highest BCUT2D eigenvalue weighted by Crippen LogP contribution is 2.53. The lowest BCUT2D eigenvalue weighted by atomic mass is 9.57. The maximum Gasteiger partial charge on any atom is 0.416 e. The van der Waals surface area contributed by atoms with Crippen molar-refractivity contribution in [2.75, 3.05) is 0 Å². The van der Waals surface area contributed by atoms with E-state index in [1.807, 2.05) is 13.8 Å².